The van der Waals surface area contributed by atoms with Crippen molar-refractivity contribution in [2.45, 2.75) is 19.4 Å². The van der Waals surface area contributed by atoms with Crippen LogP contribution in [-0.4, -0.2) is 39.4 Å². The predicted molar refractivity (Wildman–Crippen MR) is 79.7 cm³/mol. The van der Waals surface area contributed by atoms with Crippen molar-refractivity contribution in [3.8, 4) is 0 Å². The first-order valence-corrected chi connectivity index (χ1v) is 6.99. The van der Waals surface area contributed by atoms with Crippen LogP contribution in [0.3, 0.4) is 0 Å². The minimum atomic E-state index is 0.266. The normalized spacial score (nSPS) is 18.3. The second-order valence-corrected chi connectivity index (χ2v) is 5.37. The van der Waals surface area contributed by atoms with Crippen molar-refractivity contribution in [1.82, 2.24) is 19.7 Å². The number of rotatable bonds is 2. The molecule has 7 heteroatoms. The Labute approximate surface area is 123 Å². The topological polar surface area (TPSA) is 50.1 Å². The number of halogens is 1. The number of nitrogens with zero attached hydrogens (tertiary/aromatic N) is 6. The van der Waals surface area contributed by atoms with Crippen LogP contribution in [-0.2, 0) is 7.05 Å². The molecule has 20 heavy (non-hydrogen) atoms. The zero-order valence-electron chi connectivity index (χ0n) is 11.8. The fourth-order valence-electron chi connectivity index (χ4n) is 2.64. The molecule has 0 amide bonds. The first-order valence-electron chi connectivity index (χ1n) is 6.61. The van der Waals surface area contributed by atoms with Gasteiger partial charge in [-0.2, -0.15) is 10.1 Å². The van der Waals surface area contributed by atoms with Crippen molar-refractivity contribution >= 4 is 28.8 Å². The largest absolute Gasteiger partial charge is 0.368 e. The number of aryl methyl sites for hydroxylation is 1. The Balaban J connectivity index is 2.15. The van der Waals surface area contributed by atoms with E-state index < -0.39 is 0 Å². The van der Waals surface area contributed by atoms with E-state index in [4.69, 9.17) is 11.6 Å². The molecular formula is C13H17ClN6. The molecule has 106 valence electrons. The van der Waals surface area contributed by atoms with Gasteiger partial charge in [-0.05, 0) is 18.0 Å². The van der Waals surface area contributed by atoms with Gasteiger partial charge >= 0.3 is 0 Å². The Kier molecular flexibility index (Phi) is 3.25. The predicted octanol–water partition coefficient (Wildman–Crippen LogP) is 2.23. The maximum absolute atomic E-state index is 5.99. The number of aromatic nitrogens is 4. The molecule has 0 N–H and O–H groups in total. The highest BCUT2D eigenvalue weighted by Gasteiger charge is 2.31. The smallest absolute Gasteiger partial charge is 0.224 e. The lowest BCUT2D eigenvalue weighted by Gasteiger charge is -2.41. The van der Waals surface area contributed by atoms with Crippen LogP contribution in [0.1, 0.15) is 13.3 Å². The molecule has 0 fully saturated rings. The van der Waals surface area contributed by atoms with Crippen LogP contribution in [0.2, 0.25) is 5.28 Å². The molecule has 0 aromatic carbocycles. The second kappa shape index (κ2) is 4.94. The van der Waals surface area contributed by atoms with E-state index in [1.165, 1.54) is 0 Å². The third-order valence-electron chi connectivity index (χ3n) is 3.65. The summed E-state index contributed by atoms with van der Waals surface area (Å²) in [6, 6.07) is 0.336. The van der Waals surface area contributed by atoms with E-state index in [1.807, 2.05) is 19.4 Å². The zero-order valence-corrected chi connectivity index (χ0v) is 12.5. The first kappa shape index (κ1) is 13.2. The summed E-state index contributed by atoms with van der Waals surface area (Å²) in [6.45, 7) is 3.10. The highest BCUT2D eigenvalue weighted by Crippen LogP contribution is 2.38. The number of fused-ring (bicyclic) bond motifs is 1. The van der Waals surface area contributed by atoms with Gasteiger partial charge in [-0.3, -0.25) is 4.68 Å². The Morgan fingerprint density at radius 1 is 1.35 bits per heavy atom. The summed E-state index contributed by atoms with van der Waals surface area (Å²) in [7, 11) is 3.97. The van der Waals surface area contributed by atoms with Crippen LogP contribution in [0.15, 0.2) is 18.6 Å². The molecule has 0 spiro atoms. The molecule has 1 aliphatic heterocycles. The molecule has 6 nitrogen and oxygen atoms in total. The van der Waals surface area contributed by atoms with E-state index in [2.05, 4.69) is 38.8 Å². The van der Waals surface area contributed by atoms with Crippen LogP contribution in [0.4, 0.5) is 17.2 Å². The van der Waals surface area contributed by atoms with Gasteiger partial charge in [-0.25, -0.2) is 4.98 Å². The Hall–Kier alpha value is -1.82. The average molecular weight is 293 g/mol. The van der Waals surface area contributed by atoms with E-state index in [9.17, 15) is 0 Å². The highest BCUT2D eigenvalue weighted by atomic mass is 35.5. The maximum atomic E-state index is 5.99. The van der Waals surface area contributed by atoms with Gasteiger partial charge in [0, 0.05) is 26.8 Å². The van der Waals surface area contributed by atoms with Gasteiger partial charge in [0.15, 0.2) is 5.82 Å². The third kappa shape index (κ3) is 2.10. The molecular weight excluding hydrogens is 276 g/mol. The van der Waals surface area contributed by atoms with Gasteiger partial charge in [0.05, 0.1) is 29.8 Å². The SMILES string of the molecule is CCC1CN(C)c2cnc(Cl)nc2N1c1cnn(C)c1. The van der Waals surface area contributed by atoms with Crippen LogP contribution in [0.25, 0.3) is 0 Å². The maximum Gasteiger partial charge on any atom is 0.224 e. The highest BCUT2D eigenvalue weighted by molar-refractivity contribution is 6.28. The van der Waals surface area contributed by atoms with Gasteiger partial charge in [-0.1, -0.05) is 6.92 Å². The van der Waals surface area contributed by atoms with Gasteiger partial charge in [0.1, 0.15) is 0 Å². The summed E-state index contributed by atoms with van der Waals surface area (Å²) in [6.07, 6.45) is 6.64. The Morgan fingerprint density at radius 3 is 2.80 bits per heavy atom. The van der Waals surface area contributed by atoms with Crippen molar-refractivity contribution in [1.29, 1.82) is 0 Å². The first-order chi connectivity index (χ1) is 9.60. The molecule has 0 saturated heterocycles. The summed E-state index contributed by atoms with van der Waals surface area (Å²) >= 11 is 5.99. The molecule has 2 aromatic heterocycles. The lowest BCUT2D eigenvalue weighted by Crippen LogP contribution is -2.45. The lowest BCUT2D eigenvalue weighted by molar-refractivity contribution is 0.595. The fourth-order valence-corrected chi connectivity index (χ4v) is 2.77. The van der Waals surface area contributed by atoms with Gasteiger partial charge < -0.3 is 9.80 Å². The van der Waals surface area contributed by atoms with E-state index in [0.717, 1.165) is 30.2 Å². The second-order valence-electron chi connectivity index (χ2n) is 5.03. The van der Waals surface area contributed by atoms with E-state index in [1.54, 1.807) is 10.9 Å². The molecule has 0 radical (unpaired) electrons. The van der Waals surface area contributed by atoms with Crippen LogP contribution >= 0.6 is 11.6 Å². The van der Waals surface area contributed by atoms with Gasteiger partial charge in [-0.15, -0.1) is 0 Å². The molecule has 3 heterocycles. The van der Waals surface area contributed by atoms with Gasteiger partial charge in [0.25, 0.3) is 0 Å². The molecule has 1 unspecified atom stereocenters. The summed E-state index contributed by atoms with van der Waals surface area (Å²) < 4.78 is 1.79. The van der Waals surface area contributed by atoms with E-state index in [-0.39, 0.29) is 5.28 Å². The molecule has 1 atom stereocenters. The monoisotopic (exact) mass is 292 g/mol. The van der Waals surface area contributed by atoms with Crippen LogP contribution < -0.4 is 9.80 Å². The van der Waals surface area contributed by atoms with Crippen molar-refractivity contribution in [2.75, 3.05) is 23.4 Å². The molecule has 0 saturated carbocycles. The van der Waals surface area contributed by atoms with Crippen LogP contribution in [0, 0.1) is 0 Å². The Bertz CT molecular complexity index is 625. The Morgan fingerprint density at radius 2 is 2.15 bits per heavy atom. The molecule has 0 aliphatic carbocycles. The summed E-state index contributed by atoms with van der Waals surface area (Å²) in [4.78, 5) is 12.9. The minimum absolute atomic E-state index is 0.266. The minimum Gasteiger partial charge on any atom is -0.368 e. The summed E-state index contributed by atoms with van der Waals surface area (Å²) in [5.41, 5.74) is 2.02. The zero-order chi connectivity index (χ0) is 14.3. The number of hydrogen-bond donors (Lipinski definition) is 0. The van der Waals surface area contributed by atoms with Crippen molar-refractivity contribution < 1.29 is 0 Å². The van der Waals surface area contributed by atoms with Crippen molar-refractivity contribution in [2.24, 2.45) is 7.05 Å². The molecule has 3 rings (SSSR count). The number of likely N-dealkylation sites (N-methyl/N-ethyl adjacent to an activating group) is 1. The van der Waals surface area contributed by atoms with Crippen molar-refractivity contribution in [3.05, 3.63) is 23.9 Å². The van der Waals surface area contributed by atoms with Crippen molar-refractivity contribution in [3.63, 3.8) is 0 Å². The molecule has 1 aliphatic rings. The third-order valence-corrected chi connectivity index (χ3v) is 3.83. The standard InChI is InChI=1S/C13H17ClN6/c1-4-9-7-18(2)11-6-15-13(14)17-12(11)20(9)10-5-16-19(3)8-10/h5-6,8-9H,4,7H2,1-3H3. The summed E-state index contributed by atoms with van der Waals surface area (Å²) in [5, 5.41) is 4.53. The van der Waals surface area contributed by atoms with E-state index >= 15 is 0 Å². The average Bonchev–Trinajstić information content (AvgIpc) is 2.84. The number of hydrogen-bond acceptors (Lipinski definition) is 5. The molecule has 2 aromatic rings. The van der Waals surface area contributed by atoms with Crippen LogP contribution in [0.5, 0.6) is 0 Å². The van der Waals surface area contributed by atoms with Gasteiger partial charge in [0.2, 0.25) is 5.28 Å². The van der Waals surface area contributed by atoms with E-state index in [0.29, 0.717) is 6.04 Å². The summed E-state index contributed by atoms with van der Waals surface area (Å²) in [5.74, 6) is 0.846. The fraction of sp³-hybridized carbons (Fsp3) is 0.462. The molecule has 0 bridgehead atoms. The number of anilines is 3. The quantitative estimate of drug-likeness (QED) is 0.795. The lowest BCUT2D eigenvalue weighted by atomic mass is 10.1.